The SMILES string of the molecule is O=C(Cn1ccc2ccccc21)N1CCC(CF)C1. The number of rotatable bonds is 3. The third-order valence-electron chi connectivity index (χ3n) is 3.84. The lowest BCUT2D eigenvalue weighted by Crippen LogP contribution is -2.31. The number of benzene rings is 1. The molecular formula is C15H17FN2O. The van der Waals surface area contributed by atoms with Crippen LogP contribution in [0.2, 0.25) is 0 Å². The molecule has 0 spiro atoms. The number of carbonyl (C=O) groups is 1. The first kappa shape index (κ1) is 12.2. The van der Waals surface area contributed by atoms with E-state index in [0.29, 0.717) is 19.6 Å². The van der Waals surface area contributed by atoms with Crippen LogP contribution in [0.25, 0.3) is 10.9 Å². The van der Waals surface area contributed by atoms with Crippen molar-refractivity contribution in [1.29, 1.82) is 0 Å². The fourth-order valence-electron chi connectivity index (χ4n) is 2.71. The number of amides is 1. The highest BCUT2D eigenvalue weighted by molar-refractivity contribution is 5.83. The summed E-state index contributed by atoms with van der Waals surface area (Å²) >= 11 is 0. The van der Waals surface area contributed by atoms with E-state index in [1.165, 1.54) is 0 Å². The predicted octanol–water partition coefficient (Wildman–Crippen LogP) is 2.46. The third-order valence-corrected chi connectivity index (χ3v) is 3.84. The molecule has 2 aromatic rings. The topological polar surface area (TPSA) is 25.2 Å². The van der Waals surface area contributed by atoms with Crippen LogP contribution in [0.3, 0.4) is 0 Å². The molecule has 0 aliphatic carbocycles. The standard InChI is InChI=1S/C15H17FN2O/c16-9-12-5-7-18(10-12)15(19)11-17-8-6-13-3-1-2-4-14(13)17/h1-4,6,8,12H,5,7,9-11H2. The Morgan fingerprint density at radius 1 is 1.32 bits per heavy atom. The Bertz CT molecular complexity index is 593. The van der Waals surface area contributed by atoms with Crippen molar-refractivity contribution in [2.45, 2.75) is 13.0 Å². The lowest BCUT2D eigenvalue weighted by molar-refractivity contribution is -0.130. The van der Waals surface area contributed by atoms with E-state index < -0.39 is 0 Å². The van der Waals surface area contributed by atoms with E-state index in [1.807, 2.05) is 41.1 Å². The highest BCUT2D eigenvalue weighted by Crippen LogP contribution is 2.19. The summed E-state index contributed by atoms with van der Waals surface area (Å²) in [5, 5.41) is 1.14. The number of alkyl halides is 1. The highest BCUT2D eigenvalue weighted by atomic mass is 19.1. The van der Waals surface area contributed by atoms with Gasteiger partial charge in [-0.15, -0.1) is 0 Å². The van der Waals surface area contributed by atoms with Crippen molar-refractivity contribution in [3.8, 4) is 0 Å². The molecule has 0 saturated carbocycles. The molecule has 4 heteroatoms. The molecule has 1 aromatic carbocycles. The molecule has 1 aromatic heterocycles. The molecule has 2 heterocycles. The van der Waals surface area contributed by atoms with Gasteiger partial charge in [0.15, 0.2) is 0 Å². The van der Waals surface area contributed by atoms with Gasteiger partial charge in [-0.2, -0.15) is 0 Å². The molecule has 1 aliphatic rings. The molecule has 1 amide bonds. The Morgan fingerprint density at radius 2 is 2.16 bits per heavy atom. The van der Waals surface area contributed by atoms with Crippen molar-refractivity contribution in [3.05, 3.63) is 36.5 Å². The van der Waals surface area contributed by atoms with Crippen LogP contribution in [-0.4, -0.2) is 35.1 Å². The van der Waals surface area contributed by atoms with E-state index in [4.69, 9.17) is 0 Å². The van der Waals surface area contributed by atoms with Gasteiger partial charge in [0, 0.05) is 30.7 Å². The number of fused-ring (bicyclic) bond motifs is 1. The van der Waals surface area contributed by atoms with Crippen LogP contribution in [0.15, 0.2) is 36.5 Å². The zero-order valence-electron chi connectivity index (χ0n) is 10.8. The average Bonchev–Trinajstić information content (AvgIpc) is 3.06. The first-order chi connectivity index (χ1) is 9.28. The minimum absolute atomic E-state index is 0.0327. The van der Waals surface area contributed by atoms with E-state index in [-0.39, 0.29) is 18.5 Å². The van der Waals surface area contributed by atoms with Crippen LogP contribution in [0.4, 0.5) is 4.39 Å². The van der Waals surface area contributed by atoms with E-state index >= 15 is 0 Å². The van der Waals surface area contributed by atoms with Crippen LogP contribution in [0, 0.1) is 5.92 Å². The molecule has 0 radical (unpaired) electrons. The van der Waals surface area contributed by atoms with Crippen LogP contribution in [-0.2, 0) is 11.3 Å². The Morgan fingerprint density at radius 3 is 2.95 bits per heavy atom. The van der Waals surface area contributed by atoms with Gasteiger partial charge in [0.1, 0.15) is 6.54 Å². The van der Waals surface area contributed by atoms with Gasteiger partial charge in [-0.1, -0.05) is 18.2 Å². The second-order valence-corrected chi connectivity index (χ2v) is 5.15. The summed E-state index contributed by atoms with van der Waals surface area (Å²) in [6, 6.07) is 10.0. The zero-order chi connectivity index (χ0) is 13.2. The molecule has 3 rings (SSSR count). The molecule has 3 nitrogen and oxygen atoms in total. The number of likely N-dealkylation sites (tertiary alicyclic amines) is 1. The van der Waals surface area contributed by atoms with Crippen molar-refractivity contribution < 1.29 is 9.18 Å². The number of aromatic nitrogens is 1. The van der Waals surface area contributed by atoms with Crippen molar-refractivity contribution in [2.75, 3.05) is 19.8 Å². The minimum Gasteiger partial charge on any atom is -0.341 e. The van der Waals surface area contributed by atoms with Crippen LogP contribution in [0.1, 0.15) is 6.42 Å². The number of para-hydroxylation sites is 1. The normalized spacial score (nSPS) is 19.2. The largest absolute Gasteiger partial charge is 0.341 e. The number of hydrogen-bond donors (Lipinski definition) is 0. The third kappa shape index (κ3) is 2.35. The monoisotopic (exact) mass is 260 g/mol. The number of hydrogen-bond acceptors (Lipinski definition) is 1. The molecule has 1 saturated heterocycles. The molecule has 0 N–H and O–H groups in total. The van der Waals surface area contributed by atoms with Gasteiger partial charge in [-0.25, -0.2) is 0 Å². The maximum atomic E-state index is 12.6. The first-order valence-electron chi connectivity index (χ1n) is 6.65. The summed E-state index contributed by atoms with van der Waals surface area (Å²) < 4.78 is 14.5. The molecule has 1 fully saturated rings. The number of halogens is 1. The van der Waals surface area contributed by atoms with Gasteiger partial charge in [-0.05, 0) is 23.9 Å². The molecule has 1 atom stereocenters. The van der Waals surface area contributed by atoms with Gasteiger partial charge in [0.2, 0.25) is 5.91 Å². The lowest BCUT2D eigenvalue weighted by atomic mass is 10.1. The molecule has 0 bridgehead atoms. The van der Waals surface area contributed by atoms with Crippen LogP contribution >= 0.6 is 0 Å². The molecule has 19 heavy (non-hydrogen) atoms. The van der Waals surface area contributed by atoms with Gasteiger partial charge in [0.25, 0.3) is 0 Å². The molecular weight excluding hydrogens is 243 g/mol. The van der Waals surface area contributed by atoms with E-state index in [0.717, 1.165) is 17.3 Å². The second kappa shape index (κ2) is 5.03. The summed E-state index contributed by atoms with van der Waals surface area (Å²) in [4.78, 5) is 14.0. The van der Waals surface area contributed by atoms with Crippen molar-refractivity contribution in [3.63, 3.8) is 0 Å². The van der Waals surface area contributed by atoms with E-state index in [1.54, 1.807) is 4.90 Å². The maximum Gasteiger partial charge on any atom is 0.242 e. The van der Waals surface area contributed by atoms with E-state index in [9.17, 15) is 9.18 Å². The van der Waals surface area contributed by atoms with Crippen molar-refractivity contribution >= 4 is 16.8 Å². The fraction of sp³-hybridized carbons (Fsp3) is 0.400. The first-order valence-corrected chi connectivity index (χ1v) is 6.65. The van der Waals surface area contributed by atoms with Crippen molar-refractivity contribution in [1.82, 2.24) is 9.47 Å². The predicted molar refractivity (Wildman–Crippen MR) is 72.6 cm³/mol. The second-order valence-electron chi connectivity index (χ2n) is 5.15. The van der Waals surface area contributed by atoms with Gasteiger partial charge >= 0.3 is 0 Å². The van der Waals surface area contributed by atoms with Gasteiger partial charge in [0.05, 0.1) is 6.67 Å². The lowest BCUT2D eigenvalue weighted by Gasteiger charge is -2.16. The smallest absolute Gasteiger partial charge is 0.242 e. The number of carbonyl (C=O) groups excluding carboxylic acids is 1. The maximum absolute atomic E-state index is 12.6. The Kier molecular flexibility index (Phi) is 3.23. The summed E-state index contributed by atoms with van der Waals surface area (Å²) in [5.74, 6) is 0.114. The van der Waals surface area contributed by atoms with E-state index in [2.05, 4.69) is 0 Å². The Labute approximate surface area is 111 Å². The molecule has 1 aliphatic heterocycles. The number of nitrogens with zero attached hydrogens (tertiary/aromatic N) is 2. The summed E-state index contributed by atoms with van der Waals surface area (Å²) in [7, 11) is 0. The van der Waals surface area contributed by atoms with Gasteiger partial charge < -0.3 is 9.47 Å². The highest BCUT2D eigenvalue weighted by Gasteiger charge is 2.26. The van der Waals surface area contributed by atoms with Crippen molar-refractivity contribution in [2.24, 2.45) is 5.92 Å². The summed E-state index contributed by atoms with van der Waals surface area (Å²) in [5.41, 5.74) is 1.07. The average molecular weight is 260 g/mol. The minimum atomic E-state index is -0.323. The van der Waals surface area contributed by atoms with Crippen LogP contribution < -0.4 is 0 Å². The fourth-order valence-corrected chi connectivity index (χ4v) is 2.71. The quantitative estimate of drug-likeness (QED) is 0.832. The van der Waals surface area contributed by atoms with Gasteiger partial charge in [-0.3, -0.25) is 9.18 Å². The Balaban J connectivity index is 1.73. The summed E-state index contributed by atoms with van der Waals surface area (Å²) in [6.45, 7) is 1.27. The molecule has 100 valence electrons. The van der Waals surface area contributed by atoms with Crippen LogP contribution in [0.5, 0.6) is 0 Å². The zero-order valence-corrected chi connectivity index (χ0v) is 10.8. The summed E-state index contributed by atoms with van der Waals surface area (Å²) in [6.07, 6.45) is 2.72. The molecule has 1 unspecified atom stereocenters. The Hall–Kier alpha value is -1.84.